The maximum absolute atomic E-state index is 5.89. The average Bonchev–Trinajstić information content (AvgIpc) is 3.08. The van der Waals surface area contributed by atoms with Crippen molar-refractivity contribution in [3.63, 3.8) is 0 Å². The van der Waals surface area contributed by atoms with Crippen LogP contribution in [-0.4, -0.2) is 38.9 Å². The van der Waals surface area contributed by atoms with Crippen molar-refractivity contribution in [1.29, 1.82) is 0 Å². The third-order valence-corrected chi connectivity index (χ3v) is 3.30. The predicted octanol–water partition coefficient (Wildman–Crippen LogP) is 1.55. The van der Waals surface area contributed by atoms with E-state index in [1.54, 1.807) is 12.5 Å². The number of aromatic nitrogens is 4. The van der Waals surface area contributed by atoms with E-state index in [1.807, 2.05) is 0 Å². The SMILES string of the molecule is CC1(OCc2nc(-c3cnc[nH]3)no2)CCOCC1. The summed E-state index contributed by atoms with van der Waals surface area (Å²) in [5, 5.41) is 3.88. The van der Waals surface area contributed by atoms with Gasteiger partial charge in [0.05, 0.1) is 18.1 Å². The molecule has 102 valence electrons. The Kier molecular flexibility index (Phi) is 3.31. The number of ether oxygens (including phenoxy) is 2. The number of nitrogens with zero attached hydrogens (tertiary/aromatic N) is 3. The van der Waals surface area contributed by atoms with E-state index in [2.05, 4.69) is 27.0 Å². The number of imidazole rings is 1. The van der Waals surface area contributed by atoms with Crippen molar-refractivity contribution in [3.8, 4) is 11.5 Å². The van der Waals surface area contributed by atoms with Crippen molar-refractivity contribution in [2.75, 3.05) is 13.2 Å². The molecule has 1 saturated heterocycles. The van der Waals surface area contributed by atoms with Crippen molar-refractivity contribution in [2.24, 2.45) is 0 Å². The van der Waals surface area contributed by atoms with Crippen LogP contribution in [0.1, 0.15) is 25.7 Å². The molecule has 0 spiro atoms. The van der Waals surface area contributed by atoms with Gasteiger partial charge < -0.3 is 19.0 Å². The lowest BCUT2D eigenvalue weighted by Crippen LogP contribution is -2.35. The van der Waals surface area contributed by atoms with Crippen LogP contribution in [0.5, 0.6) is 0 Å². The summed E-state index contributed by atoms with van der Waals surface area (Å²) in [6.45, 7) is 3.87. The highest BCUT2D eigenvalue weighted by molar-refractivity contribution is 5.45. The van der Waals surface area contributed by atoms with Crippen molar-refractivity contribution >= 4 is 0 Å². The summed E-state index contributed by atoms with van der Waals surface area (Å²) in [7, 11) is 0. The van der Waals surface area contributed by atoms with Crippen LogP contribution in [0, 0.1) is 0 Å². The van der Waals surface area contributed by atoms with Gasteiger partial charge in [-0.3, -0.25) is 0 Å². The fourth-order valence-electron chi connectivity index (χ4n) is 1.98. The Morgan fingerprint density at radius 1 is 1.42 bits per heavy atom. The van der Waals surface area contributed by atoms with Gasteiger partial charge in [0.2, 0.25) is 5.82 Å². The molecule has 0 saturated carbocycles. The van der Waals surface area contributed by atoms with Crippen LogP contribution in [-0.2, 0) is 16.1 Å². The van der Waals surface area contributed by atoms with E-state index in [1.165, 1.54) is 0 Å². The molecule has 7 nitrogen and oxygen atoms in total. The van der Waals surface area contributed by atoms with E-state index in [0.717, 1.165) is 31.7 Å². The molecule has 0 radical (unpaired) electrons. The minimum absolute atomic E-state index is 0.166. The number of nitrogens with one attached hydrogen (secondary N) is 1. The van der Waals surface area contributed by atoms with Crippen LogP contribution < -0.4 is 0 Å². The Hall–Kier alpha value is -1.73. The molecule has 2 aromatic heterocycles. The van der Waals surface area contributed by atoms with E-state index in [4.69, 9.17) is 14.0 Å². The number of aromatic amines is 1. The molecule has 0 amide bonds. The Labute approximate surface area is 110 Å². The number of hydrogen-bond donors (Lipinski definition) is 1. The van der Waals surface area contributed by atoms with Gasteiger partial charge in [0, 0.05) is 13.2 Å². The van der Waals surface area contributed by atoms with Crippen molar-refractivity contribution in [2.45, 2.75) is 32.0 Å². The zero-order valence-corrected chi connectivity index (χ0v) is 10.8. The monoisotopic (exact) mass is 264 g/mol. The smallest absolute Gasteiger partial charge is 0.253 e. The molecule has 1 fully saturated rings. The first-order chi connectivity index (χ1) is 9.25. The summed E-state index contributed by atoms with van der Waals surface area (Å²) < 4.78 is 16.4. The molecule has 1 N–H and O–H groups in total. The number of H-pyrrole nitrogens is 1. The minimum atomic E-state index is -0.166. The summed E-state index contributed by atoms with van der Waals surface area (Å²) >= 11 is 0. The van der Waals surface area contributed by atoms with Gasteiger partial charge in [0.1, 0.15) is 12.3 Å². The molecule has 0 aliphatic carbocycles. The van der Waals surface area contributed by atoms with Crippen LogP contribution in [0.2, 0.25) is 0 Å². The van der Waals surface area contributed by atoms with Crippen LogP contribution in [0.3, 0.4) is 0 Å². The number of rotatable bonds is 4. The summed E-state index contributed by atoms with van der Waals surface area (Å²) in [6, 6.07) is 0. The highest BCUT2D eigenvalue weighted by Crippen LogP contribution is 2.25. The van der Waals surface area contributed by atoms with Crippen molar-refractivity contribution < 1.29 is 14.0 Å². The Bertz CT molecular complexity index is 517. The maximum atomic E-state index is 5.89. The fourth-order valence-corrected chi connectivity index (χ4v) is 1.98. The van der Waals surface area contributed by atoms with Gasteiger partial charge in [-0.1, -0.05) is 5.16 Å². The first kappa shape index (κ1) is 12.3. The summed E-state index contributed by atoms with van der Waals surface area (Å²) in [6.07, 6.45) is 4.99. The Morgan fingerprint density at radius 2 is 2.26 bits per heavy atom. The van der Waals surface area contributed by atoms with E-state index >= 15 is 0 Å². The van der Waals surface area contributed by atoms with E-state index < -0.39 is 0 Å². The lowest BCUT2D eigenvalue weighted by atomic mass is 9.97. The quantitative estimate of drug-likeness (QED) is 0.901. The summed E-state index contributed by atoms with van der Waals surface area (Å²) in [5.74, 6) is 0.963. The normalized spacial score (nSPS) is 18.6. The van der Waals surface area contributed by atoms with Gasteiger partial charge in [-0.05, 0) is 19.8 Å². The van der Waals surface area contributed by atoms with Crippen molar-refractivity contribution in [1.82, 2.24) is 20.1 Å². The third-order valence-electron chi connectivity index (χ3n) is 3.30. The summed E-state index contributed by atoms with van der Waals surface area (Å²) in [4.78, 5) is 11.1. The van der Waals surface area contributed by atoms with Gasteiger partial charge in [0.25, 0.3) is 5.89 Å². The van der Waals surface area contributed by atoms with Crippen LogP contribution in [0.4, 0.5) is 0 Å². The van der Waals surface area contributed by atoms with Gasteiger partial charge >= 0.3 is 0 Å². The molecule has 1 aliphatic rings. The standard InChI is InChI=1S/C12H16N4O3/c1-12(2-4-17-5-3-12)18-7-10-15-11(16-19-10)9-6-13-8-14-9/h6,8H,2-5,7H2,1H3,(H,13,14). The lowest BCUT2D eigenvalue weighted by molar-refractivity contribution is -0.112. The van der Waals surface area contributed by atoms with E-state index in [0.29, 0.717) is 18.3 Å². The number of hydrogen-bond acceptors (Lipinski definition) is 6. The Balaban J connectivity index is 1.61. The average molecular weight is 264 g/mol. The molecule has 19 heavy (non-hydrogen) atoms. The van der Waals surface area contributed by atoms with E-state index in [-0.39, 0.29) is 5.60 Å². The van der Waals surface area contributed by atoms with Crippen molar-refractivity contribution in [3.05, 3.63) is 18.4 Å². The molecule has 0 bridgehead atoms. The second-order valence-electron chi connectivity index (χ2n) is 4.83. The van der Waals surface area contributed by atoms with Gasteiger partial charge in [-0.15, -0.1) is 0 Å². The van der Waals surface area contributed by atoms with E-state index in [9.17, 15) is 0 Å². The molecule has 3 heterocycles. The topological polar surface area (TPSA) is 86.1 Å². The highest BCUT2D eigenvalue weighted by Gasteiger charge is 2.28. The molecule has 2 aromatic rings. The maximum Gasteiger partial charge on any atom is 0.253 e. The second kappa shape index (κ2) is 5.10. The van der Waals surface area contributed by atoms with Crippen LogP contribution in [0.15, 0.2) is 17.0 Å². The molecular formula is C12H16N4O3. The molecule has 0 atom stereocenters. The predicted molar refractivity (Wildman–Crippen MR) is 65.1 cm³/mol. The highest BCUT2D eigenvalue weighted by atomic mass is 16.5. The molecule has 3 rings (SSSR count). The van der Waals surface area contributed by atoms with Crippen LogP contribution >= 0.6 is 0 Å². The zero-order chi connectivity index (χ0) is 13.1. The largest absolute Gasteiger partial charge is 0.381 e. The van der Waals surface area contributed by atoms with Gasteiger partial charge in [0.15, 0.2) is 0 Å². The van der Waals surface area contributed by atoms with Gasteiger partial charge in [-0.25, -0.2) is 4.98 Å². The molecule has 1 aliphatic heterocycles. The summed E-state index contributed by atoms with van der Waals surface area (Å²) in [5.41, 5.74) is 0.563. The molecule has 7 heteroatoms. The van der Waals surface area contributed by atoms with Gasteiger partial charge in [-0.2, -0.15) is 4.98 Å². The second-order valence-corrected chi connectivity index (χ2v) is 4.83. The Morgan fingerprint density at radius 3 is 3.00 bits per heavy atom. The first-order valence-corrected chi connectivity index (χ1v) is 6.28. The molecular weight excluding hydrogens is 248 g/mol. The van der Waals surface area contributed by atoms with Crippen LogP contribution in [0.25, 0.3) is 11.5 Å². The molecule has 0 aromatic carbocycles. The zero-order valence-electron chi connectivity index (χ0n) is 10.8. The lowest BCUT2D eigenvalue weighted by Gasteiger charge is -2.32. The molecule has 0 unspecified atom stereocenters. The first-order valence-electron chi connectivity index (χ1n) is 6.28. The minimum Gasteiger partial charge on any atom is -0.381 e. The third kappa shape index (κ3) is 2.82. The fraction of sp³-hybridized carbons (Fsp3) is 0.583.